The highest BCUT2D eigenvalue weighted by atomic mass is 16.6. The molecule has 0 radical (unpaired) electrons. The Balaban J connectivity index is 1.54. The summed E-state index contributed by atoms with van der Waals surface area (Å²) in [7, 11) is 3.55. The molecule has 1 atom stereocenters. The van der Waals surface area contributed by atoms with Gasteiger partial charge in [0.2, 0.25) is 5.91 Å². The Kier molecular flexibility index (Phi) is 5.51. The van der Waals surface area contributed by atoms with Crippen LogP contribution < -0.4 is 0 Å². The molecule has 0 aromatic heterocycles. The number of carbonyl (C=O) groups excluding carboxylic acids is 2. The van der Waals surface area contributed by atoms with E-state index in [0.717, 1.165) is 25.9 Å². The minimum absolute atomic E-state index is 0.114. The molecule has 2 aliphatic rings. The summed E-state index contributed by atoms with van der Waals surface area (Å²) in [6.45, 7) is 5.48. The van der Waals surface area contributed by atoms with E-state index in [1.54, 1.807) is 19.0 Å². The van der Waals surface area contributed by atoms with Gasteiger partial charge in [0.15, 0.2) is 0 Å². The van der Waals surface area contributed by atoms with E-state index in [-0.39, 0.29) is 23.5 Å². The van der Waals surface area contributed by atoms with Crippen molar-refractivity contribution >= 4 is 12.0 Å². The summed E-state index contributed by atoms with van der Waals surface area (Å²) in [5.74, 6) is 0.388. The summed E-state index contributed by atoms with van der Waals surface area (Å²) in [4.78, 5) is 29.9. The number of ether oxygens (including phenoxy) is 1. The number of hydrogen-bond donors (Lipinski definition) is 0. The maximum Gasteiger partial charge on any atom is 0.410 e. The molecule has 142 valence electrons. The van der Waals surface area contributed by atoms with Crippen molar-refractivity contribution in [2.45, 2.75) is 31.3 Å². The molecule has 2 saturated heterocycles. The van der Waals surface area contributed by atoms with Crippen molar-refractivity contribution in [1.29, 1.82) is 0 Å². The summed E-state index contributed by atoms with van der Waals surface area (Å²) < 4.78 is 5.80. The number of hydrogen-bond acceptors (Lipinski definition) is 4. The summed E-state index contributed by atoms with van der Waals surface area (Å²) in [6, 6.07) is 10.3. The molecule has 26 heavy (non-hydrogen) atoms. The number of nitrogens with zero attached hydrogens (tertiary/aromatic N) is 3. The van der Waals surface area contributed by atoms with Crippen LogP contribution in [0.25, 0.3) is 0 Å². The van der Waals surface area contributed by atoms with Gasteiger partial charge in [-0.05, 0) is 11.5 Å². The van der Waals surface area contributed by atoms with E-state index in [1.165, 1.54) is 5.56 Å². The minimum Gasteiger partial charge on any atom is -0.441 e. The number of amides is 2. The predicted molar refractivity (Wildman–Crippen MR) is 100 cm³/mol. The Bertz CT molecular complexity index is 639. The fourth-order valence-corrected chi connectivity index (χ4v) is 3.76. The van der Waals surface area contributed by atoms with Crippen LogP contribution in [-0.4, -0.2) is 79.1 Å². The quantitative estimate of drug-likeness (QED) is 0.808. The predicted octanol–water partition coefficient (Wildman–Crippen LogP) is 2.17. The lowest BCUT2D eigenvalue weighted by atomic mass is 9.91. The van der Waals surface area contributed by atoms with E-state index in [2.05, 4.69) is 24.0 Å². The Morgan fingerprint density at radius 3 is 2.50 bits per heavy atom. The van der Waals surface area contributed by atoms with Gasteiger partial charge in [-0.3, -0.25) is 9.69 Å². The van der Waals surface area contributed by atoms with Crippen LogP contribution in [0.4, 0.5) is 4.79 Å². The van der Waals surface area contributed by atoms with Crippen molar-refractivity contribution in [2.75, 3.05) is 46.8 Å². The first-order chi connectivity index (χ1) is 12.4. The molecule has 0 saturated carbocycles. The normalized spacial score (nSPS) is 20.9. The summed E-state index contributed by atoms with van der Waals surface area (Å²) in [5, 5.41) is 0. The number of piperidine rings is 1. The molecule has 0 unspecified atom stereocenters. The number of carbonyl (C=O) groups is 2. The van der Waals surface area contributed by atoms with Gasteiger partial charge in [-0.2, -0.15) is 0 Å². The van der Waals surface area contributed by atoms with Crippen LogP contribution in [-0.2, 0) is 9.53 Å². The largest absolute Gasteiger partial charge is 0.441 e. The Labute approximate surface area is 155 Å². The van der Waals surface area contributed by atoms with Crippen LogP contribution in [0, 0.1) is 0 Å². The van der Waals surface area contributed by atoms with Gasteiger partial charge in [0.1, 0.15) is 5.60 Å². The first-order valence-electron chi connectivity index (χ1n) is 9.34. The Morgan fingerprint density at radius 2 is 1.88 bits per heavy atom. The second-order valence-electron chi connectivity index (χ2n) is 7.81. The Hall–Kier alpha value is -2.08. The molecule has 1 aromatic rings. The molecule has 2 aliphatic heterocycles. The smallest absolute Gasteiger partial charge is 0.410 e. The van der Waals surface area contributed by atoms with Crippen LogP contribution in [0.1, 0.15) is 31.2 Å². The highest BCUT2D eigenvalue weighted by Gasteiger charge is 2.47. The molecule has 6 nitrogen and oxygen atoms in total. The highest BCUT2D eigenvalue weighted by Crippen LogP contribution is 2.34. The van der Waals surface area contributed by atoms with Crippen LogP contribution >= 0.6 is 0 Å². The third-order valence-electron chi connectivity index (χ3n) is 5.53. The van der Waals surface area contributed by atoms with Crippen molar-refractivity contribution < 1.29 is 14.3 Å². The average molecular weight is 359 g/mol. The number of benzene rings is 1. The van der Waals surface area contributed by atoms with E-state index in [1.807, 2.05) is 23.1 Å². The van der Waals surface area contributed by atoms with E-state index in [4.69, 9.17) is 4.74 Å². The second-order valence-corrected chi connectivity index (χ2v) is 7.81. The topological polar surface area (TPSA) is 53.1 Å². The highest BCUT2D eigenvalue weighted by molar-refractivity contribution is 5.77. The first-order valence-corrected chi connectivity index (χ1v) is 9.34. The fourth-order valence-electron chi connectivity index (χ4n) is 3.76. The van der Waals surface area contributed by atoms with Crippen LogP contribution in [0.3, 0.4) is 0 Å². The molecule has 0 bridgehead atoms. The third kappa shape index (κ3) is 4.18. The summed E-state index contributed by atoms with van der Waals surface area (Å²) >= 11 is 0. The van der Waals surface area contributed by atoms with Gasteiger partial charge in [0, 0.05) is 46.6 Å². The van der Waals surface area contributed by atoms with Gasteiger partial charge in [-0.25, -0.2) is 4.79 Å². The first kappa shape index (κ1) is 18.7. The zero-order chi connectivity index (χ0) is 18.7. The number of likely N-dealkylation sites (N-methyl/N-ethyl adjacent to an activating group) is 1. The Morgan fingerprint density at radius 1 is 1.23 bits per heavy atom. The maximum atomic E-state index is 12.4. The van der Waals surface area contributed by atoms with Gasteiger partial charge in [0.05, 0.1) is 13.1 Å². The monoisotopic (exact) mass is 359 g/mol. The molecule has 0 aliphatic carbocycles. The molecule has 3 rings (SSSR count). The van der Waals surface area contributed by atoms with Crippen molar-refractivity contribution in [2.24, 2.45) is 0 Å². The molecular formula is C20H29N3O3. The lowest BCUT2D eigenvalue weighted by Gasteiger charge is -2.37. The molecule has 1 spiro atoms. The van der Waals surface area contributed by atoms with Crippen LogP contribution in [0.15, 0.2) is 30.3 Å². The number of likely N-dealkylation sites (tertiary alicyclic amines) is 1. The van der Waals surface area contributed by atoms with Crippen molar-refractivity contribution in [3.05, 3.63) is 35.9 Å². The molecule has 0 N–H and O–H groups in total. The SMILES string of the molecule is C[C@H](CN1CC2(CCN(CC(=O)N(C)C)CC2)OC1=O)c1ccccc1. The second kappa shape index (κ2) is 7.66. The average Bonchev–Trinajstić information content (AvgIpc) is 2.93. The van der Waals surface area contributed by atoms with Gasteiger partial charge in [-0.1, -0.05) is 37.3 Å². The summed E-state index contributed by atoms with van der Waals surface area (Å²) in [5.41, 5.74) is 0.851. The number of rotatable bonds is 5. The minimum atomic E-state index is -0.384. The van der Waals surface area contributed by atoms with Crippen molar-refractivity contribution in [3.63, 3.8) is 0 Å². The molecule has 1 aromatic carbocycles. The molecule has 2 fully saturated rings. The van der Waals surface area contributed by atoms with E-state index >= 15 is 0 Å². The van der Waals surface area contributed by atoms with Crippen molar-refractivity contribution in [1.82, 2.24) is 14.7 Å². The molecule has 2 heterocycles. The standard InChI is InChI=1S/C20H29N3O3/c1-16(17-7-5-4-6-8-17)13-23-15-20(26-19(23)25)9-11-22(12-10-20)14-18(24)21(2)3/h4-8,16H,9-15H2,1-3H3/t16-/m1/s1. The molecular weight excluding hydrogens is 330 g/mol. The lowest BCUT2D eigenvalue weighted by molar-refractivity contribution is -0.130. The zero-order valence-corrected chi connectivity index (χ0v) is 16.0. The zero-order valence-electron chi connectivity index (χ0n) is 16.0. The van der Waals surface area contributed by atoms with E-state index in [9.17, 15) is 9.59 Å². The molecule has 2 amide bonds. The summed E-state index contributed by atoms with van der Waals surface area (Å²) in [6.07, 6.45) is 1.37. The van der Waals surface area contributed by atoms with E-state index in [0.29, 0.717) is 19.6 Å². The maximum absolute atomic E-state index is 12.4. The van der Waals surface area contributed by atoms with Gasteiger partial charge in [0.25, 0.3) is 0 Å². The van der Waals surface area contributed by atoms with Crippen LogP contribution in [0.2, 0.25) is 0 Å². The van der Waals surface area contributed by atoms with Gasteiger partial charge < -0.3 is 14.5 Å². The fraction of sp³-hybridized carbons (Fsp3) is 0.600. The third-order valence-corrected chi connectivity index (χ3v) is 5.53. The lowest BCUT2D eigenvalue weighted by Crippen LogP contribution is -2.49. The molecule has 6 heteroatoms. The van der Waals surface area contributed by atoms with E-state index < -0.39 is 0 Å². The van der Waals surface area contributed by atoms with Crippen LogP contribution in [0.5, 0.6) is 0 Å². The van der Waals surface area contributed by atoms with Gasteiger partial charge >= 0.3 is 6.09 Å². The van der Waals surface area contributed by atoms with Gasteiger partial charge in [-0.15, -0.1) is 0 Å². The van der Waals surface area contributed by atoms with Crippen molar-refractivity contribution in [3.8, 4) is 0 Å².